The Kier molecular flexibility index (Phi) is 2.44. The van der Waals surface area contributed by atoms with Gasteiger partial charge in [0, 0.05) is 12.7 Å². The topological polar surface area (TPSA) is 20.3 Å². The molecule has 0 N–H and O–H groups in total. The molecule has 2 heteroatoms. The summed E-state index contributed by atoms with van der Waals surface area (Å²) in [6.07, 6.45) is 0.510. The van der Waals surface area contributed by atoms with Crippen LogP contribution in [0.25, 0.3) is 11.1 Å². The molecule has 0 saturated heterocycles. The zero-order valence-electron chi connectivity index (χ0n) is 10.6. The molecule has 1 aliphatic heterocycles. The Labute approximate surface area is 107 Å². The van der Waals surface area contributed by atoms with Crippen molar-refractivity contribution in [3.05, 3.63) is 53.6 Å². The Morgan fingerprint density at radius 2 is 1.72 bits per heavy atom. The van der Waals surface area contributed by atoms with Gasteiger partial charge in [-0.15, -0.1) is 0 Å². The average Bonchev–Trinajstić information content (AvgIpc) is 2.67. The summed E-state index contributed by atoms with van der Waals surface area (Å²) in [7, 11) is 1.84. The minimum Gasteiger partial charge on any atom is -0.315 e. The minimum atomic E-state index is 0.172. The van der Waals surface area contributed by atoms with Crippen molar-refractivity contribution in [1.82, 2.24) is 0 Å². The average molecular weight is 237 g/mol. The Bertz CT molecular complexity index is 631. The second-order valence-corrected chi connectivity index (χ2v) is 4.75. The summed E-state index contributed by atoms with van der Waals surface area (Å²) in [4.78, 5) is 13.6. The van der Waals surface area contributed by atoms with Gasteiger partial charge in [0.2, 0.25) is 5.91 Å². The fourth-order valence-electron chi connectivity index (χ4n) is 2.61. The fourth-order valence-corrected chi connectivity index (χ4v) is 2.61. The van der Waals surface area contributed by atoms with Crippen molar-refractivity contribution in [3.63, 3.8) is 0 Å². The van der Waals surface area contributed by atoms with Gasteiger partial charge in [0.05, 0.1) is 6.42 Å². The van der Waals surface area contributed by atoms with Crippen LogP contribution < -0.4 is 4.90 Å². The molecule has 2 aromatic rings. The predicted molar refractivity (Wildman–Crippen MR) is 73.7 cm³/mol. The number of hydrogen-bond donors (Lipinski definition) is 0. The minimum absolute atomic E-state index is 0.172. The van der Waals surface area contributed by atoms with E-state index in [9.17, 15) is 4.79 Å². The van der Waals surface area contributed by atoms with E-state index in [1.807, 2.05) is 31.3 Å². The van der Waals surface area contributed by atoms with Crippen LogP contribution in [0, 0.1) is 6.92 Å². The molecule has 2 aromatic carbocycles. The van der Waals surface area contributed by atoms with Crippen LogP contribution in [0.5, 0.6) is 0 Å². The first kappa shape index (κ1) is 11.0. The first-order valence-electron chi connectivity index (χ1n) is 6.13. The fraction of sp³-hybridized carbons (Fsp3) is 0.188. The number of aryl methyl sites for hydroxylation is 1. The van der Waals surface area contributed by atoms with Crippen LogP contribution in [0.2, 0.25) is 0 Å². The van der Waals surface area contributed by atoms with E-state index >= 15 is 0 Å². The van der Waals surface area contributed by atoms with E-state index in [4.69, 9.17) is 0 Å². The van der Waals surface area contributed by atoms with Gasteiger partial charge in [0.15, 0.2) is 0 Å². The molecule has 0 saturated carbocycles. The highest BCUT2D eigenvalue weighted by molar-refractivity contribution is 6.03. The molecular formula is C16H15NO. The SMILES string of the molecule is Cc1ccccc1-c1cccc2c1CC(=O)N2C. The molecule has 3 rings (SSSR count). The lowest BCUT2D eigenvalue weighted by molar-refractivity contribution is -0.117. The molecule has 0 bridgehead atoms. The molecular weight excluding hydrogens is 222 g/mol. The molecule has 0 aromatic heterocycles. The monoisotopic (exact) mass is 237 g/mol. The zero-order chi connectivity index (χ0) is 12.7. The third-order valence-corrected chi connectivity index (χ3v) is 3.65. The molecule has 1 heterocycles. The van der Waals surface area contributed by atoms with Gasteiger partial charge in [-0.2, -0.15) is 0 Å². The standard InChI is InChI=1S/C16H15NO/c1-11-6-3-4-7-12(11)13-8-5-9-15-14(13)10-16(18)17(15)2/h3-9H,10H2,1-2H3. The van der Waals surface area contributed by atoms with Crippen molar-refractivity contribution in [2.75, 3.05) is 11.9 Å². The van der Waals surface area contributed by atoms with E-state index in [1.54, 1.807) is 4.90 Å². The van der Waals surface area contributed by atoms with Crippen molar-refractivity contribution in [3.8, 4) is 11.1 Å². The molecule has 0 atom stereocenters. The Morgan fingerprint density at radius 1 is 1.00 bits per heavy atom. The lowest BCUT2D eigenvalue weighted by Gasteiger charge is -2.13. The second kappa shape index (κ2) is 3.98. The van der Waals surface area contributed by atoms with Crippen LogP contribution in [0.1, 0.15) is 11.1 Å². The van der Waals surface area contributed by atoms with Gasteiger partial charge in [0.1, 0.15) is 0 Å². The molecule has 2 nitrogen and oxygen atoms in total. The molecule has 90 valence electrons. The quantitative estimate of drug-likeness (QED) is 0.746. The van der Waals surface area contributed by atoms with Gasteiger partial charge in [-0.1, -0.05) is 36.4 Å². The number of nitrogens with zero attached hydrogens (tertiary/aromatic N) is 1. The molecule has 0 aliphatic carbocycles. The summed E-state index contributed by atoms with van der Waals surface area (Å²) < 4.78 is 0. The predicted octanol–water partition coefficient (Wildman–Crippen LogP) is 3.18. The number of likely N-dealkylation sites (N-methyl/N-ethyl adjacent to an activating group) is 1. The molecule has 0 radical (unpaired) electrons. The van der Waals surface area contributed by atoms with E-state index in [1.165, 1.54) is 16.7 Å². The first-order valence-corrected chi connectivity index (χ1v) is 6.13. The molecule has 0 fully saturated rings. The summed E-state index contributed by atoms with van der Waals surface area (Å²) in [6, 6.07) is 14.5. The number of carbonyl (C=O) groups is 1. The number of carbonyl (C=O) groups excluding carboxylic acids is 1. The van der Waals surface area contributed by atoms with Gasteiger partial charge in [-0.3, -0.25) is 4.79 Å². The normalized spacial score (nSPS) is 13.9. The van der Waals surface area contributed by atoms with E-state index < -0.39 is 0 Å². The van der Waals surface area contributed by atoms with E-state index in [-0.39, 0.29) is 5.91 Å². The van der Waals surface area contributed by atoms with Crippen molar-refractivity contribution in [1.29, 1.82) is 0 Å². The third-order valence-electron chi connectivity index (χ3n) is 3.65. The molecule has 0 spiro atoms. The van der Waals surface area contributed by atoms with Crippen molar-refractivity contribution in [2.24, 2.45) is 0 Å². The van der Waals surface area contributed by atoms with Crippen LogP contribution in [0.4, 0.5) is 5.69 Å². The van der Waals surface area contributed by atoms with Crippen LogP contribution in [0.15, 0.2) is 42.5 Å². The molecule has 1 amide bonds. The van der Waals surface area contributed by atoms with Gasteiger partial charge >= 0.3 is 0 Å². The lowest BCUT2D eigenvalue weighted by Crippen LogP contribution is -2.20. The summed E-state index contributed by atoms with van der Waals surface area (Å²) >= 11 is 0. The van der Waals surface area contributed by atoms with Crippen molar-refractivity contribution >= 4 is 11.6 Å². The maximum absolute atomic E-state index is 11.8. The maximum atomic E-state index is 11.8. The second-order valence-electron chi connectivity index (χ2n) is 4.75. The largest absolute Gasteiger partial charge is 0.315 e. The summed E-state index contributed by atoms with van der Waals surface area (Å²) in [5, 5.41) is 0. The highest BCUT2D eigenvalue weighted by Gasteiger charge is 2.26. The molecule has 1 aliphatic rings. The van der Waals surface area contributed by atoms with Crippen LogP contribution in [-0.4, -0.2) is 13.0 Å². The highest BCUT2D eigenvalue weighted by atomic mass is 16.2. The number of rotatable bonds is 1. The smallest absolute Gasteiger partial charge is 0.231 e. The summed E-state index contributed by atoms with van der Waals surface area (Å²) in [5.74, 6) is 0.172. The number of fused-ring (bicyclic) bond motifs is 1. The summed E-state index contributed by atoms with van der Waals surface area (Å²) in [5.41, 5.74) is 5.84. The Morgan fingerprint density at radius 3 is 2.50 bits per heavy atom. The van der Waals surface area contributed by atoms with Gasteiger partial charge in [-0.25, -0.2) is 0 Å². The highest BCUT2D eigenvalue weighted by Crippen LogP contribution is 2.36. The number of hydrogen-bond acceptors (Lipinski definition) is 1. The van der Waals surface area contributed by atoms with E-state index in [0.29, 0.717) is 6.42 Å². The number of anilines is 1. The van der Waals surface area contributed by atoms with E-state index in [0.717, 1.165) is 11.3 Å². The van der Waals surface area contributed by atoms with Crippen LogP contribution in [-0.2, 0) is 11.2 Å². The first-order chi connectivity index (χ1) is 8.68. The lowest BCUT2D eigenvalue weighted by atomic mass is 9.95. The van der Waals surface area contributed by atoms with E-state index in [2.05, 4.69) is 25.1 Å². The number of amides is 1. The van der Waals surface area contributed by atoms with Gasteiger partial charge in [-0.05, 0) is 35.2 Å². The Balaban J connectivity index is 2.22. The van der Waals surface area contributed by atoms with Gasteiger partial charge in [0.25, 0.3) is 0 Å². The maximum Gasteiger partial charge on any atom is 0.231 e. The number of benzene rings is 2. The third kappa shape index (κ3) is 1.53. The van der Waals surface area contributed by atoms with Crippen LogP contribution in [0.3, 0.4) is 0 Å². The van der Waals surface area contributed by atoms with Crippen molar-refractivity contribution in [2.45, 2.75) is 13.3 Å². The zero-order valence-corrected chi connectivity index (χ0v) is 10.6. The molecule has 0 unspecified atom stereocenters. The Hall–Kier alpha value is -2.09. The van der Waals surface area contributed by atoms with Gasteiger partial charge < -0.3 is 4.90 Å². The van der Waals surface area contributed by atoms with Crippen molar-refractivity contribution < 1.29 is 4.79 Å². The van der Waals surface area contributed by atoms with Crippen LogP contribution >= 0.6 is 0 Å². The summed E-state index contributed by atoms with van der Waals surface area (Å²) in [6.45, 7) is 2.11. The molecule has 18 heavy (non-hydrogen) atoms.